The normalized spacial score (nSPS) is 20.0. The topological polar surface area (TPSA) is 90.7 Å². The van der Waals surface area contributed by atoms with Crippen LogP contribution in [-0.4, -0.2) is 40.9 Å². The van der Waals surface area contributed by atoms with E-state index in [9.17, 15) is 12.8 Å². The Balaban J connectivity index is 2.14. The summed E-state index contributed by atoms with van der Waals surface area (Å²) in [5.74, 6) is -0.799. The SMILES string of the molecule is Cc1cc(N)cc(S(=O)(=O)NCC2COCCO2)c1F. The third-order valence-electron chi connectivity index (χ3n) is 2.92. The van der Waals surface area contributed by atoms with Crippen LogP contribution in [0.1, 0.15) is 5.56 Å². The zero-order valence-electron chi connectivity index (χ0n) is 11.1. The van der Waals surface area contributed by atoms with Crippen molar-refractivity contribution in [3.8, 4) is 0 Å². The summed E-state index contributed by atoms with van der Waals surface area (Å²) >= 11 is 0. The molecule has 0 aromatic heterocycles. The number of hydrogen-bond acceptors (Lipinski definition) is 5. The minimum Gasteiger partial charge on any atom is -0.399 e. The van der Waals surface area contributed by atoms with Crippen molar-refractivity contribution in [1.29, 1.82) is 0 Å². The average Bonchev–Trinajstić information content (AvgIpc) is 2.42. The Labute approximate surface area is 117 Å². The third-order valence-corrected chi connectivity index (χ3v) is 4.34. The molecule has 20 heavy (non-hydrogen) atoms. The number of nitrogens with one attached hydrogen (secondary N) is 1. The first-order chi connectivity index (χ1) is 9.40. The number of nitrogen functional groups attached to an aromatic ring is 1. The number of hydrogen-bond donors (Lipinski definition) is 2. The summed E-state index contributed by atoms with van der Waals surface area (Å²) in [4.78, 5) is -0.452. The Bertz CT molecular complexity index is 585. The van der Waals surface area contributed by atoms with E-state index in [2.05, 4.69) is 4.72 Å². The van der Waals surface area contributed by atoms with E-state index in [1.165, 1.54) is 13.0 Å². The molecule has 1 aliphatic heterocycles. The van der Waals surface area contributed by atoms with Crippen LogP contribution in [0.2, 0.25) is 0 Å². The lowest BCUT2D eigenvalue weighted by Gasteiger charge is -2.23. The fourth-order valence-corrected chi connectivity index (χ4v) is 3.14. The average molecular weight is 304 g/mol. The third kappa shape index (κ3) is 3.45. The van der Waals surface area contributed by atoms with Crippen molar-refractivity contribution in [2.24, 2.45) is 0 Å². The lowest BCUT2D eigenvalue weighted by Crippen LogP contribution is -2.39. The highest BCUT2D eigenvalue weighted by molar-refractivity contribution is 7.89. The van der Waals surface area contributed by atoms with Crippen molar-refractivity contribution in [3.63, 3.8) is 0 Å². The molecule has 1 unspecified atom stereocenters. The molecular weight excluding hydrogens is 287 g/mol. The monoisotopic (exact) mass is 304 g/mol. The smallest absolute Gasteiger partial charge is 0.243 e. The van der Waals surface area contributed by atoms with Crippen LogP contribution < -0.4 is 10.5 Å². The highest BCUT2D eigenvalue weighted by Gasteiger charge is 2.23. The van der Waals surface area contributed by atoms with Gasteiger partial charge in [-0.05, 0) is 24.6 Å². The first kappa shape index (κ1) is 15.2. The van der Waals surface area contributed by atoms with E-state index in [-0.39, 0.29) is 23.9 Å². The number of rotatable bonds is 4. The number of aryl methyl sites for hydroxylation is 1. The van der Waals surface area contributed by atoms with Crippen LogP contribution in [0.3, 0.4) is 0 Å². The summed E-state index contributed by atoms with van der Waals surface area (Å²) in [5, 5.41) is 0. The molecule has 0 amide bonds. The molecule has 112 valence electrons. The summed E-state index contributed by atoms with van der Waals surface area (Å²) in [6, 6.07) is 2.48. The molecule has 6 nitrogen and oxygen atoms in total. The van der Waals surface area contributed by atoms with Crippen LogP contribution in [0.15, 0.2) is 17.0 Å². The quantitative estimate of drug-likeness (QED) is 0.786. The van der Waals surface area contributed by atoms with E-state index < -0.39 is 20.7 Å². The van der Waals surface area contributed by atoms with Gasteiger partial charge >= 0.3 is 0 Å². The Morgan fingerprint density at radius 2 is 2.20 bits per heavy atom. The van der Waals surface area contributed by atoms with Crippen molar-refractivity contribution in [2.75, 3.05) is 32.1 Å². The van der Waals surface area contributed by atoms with E-state index in [0.717, 1.165) is 6.07 Å². The fourth-order valence-electron chi connectivity index (χ4n) is 1.89. The lowest BCUT2D eigenvalue weighted by molar-refractivity contribution is -0.0847. The van der Waals surface area contributed by atoms with Gasteiger partial charge in [-0.25, -0.2) is 17.5 Å². The Kier molecular flexibility index (Phi) is 4.59. The van der Waals surface area contributed by atoms with Gasteiger partial charge in [0.1, 0.15) is 10.7 Å². The number of halogens is 1. The molecular formula is C12H17FN2O4S. The molecule has 0 aliphatic carbocycles. The van der Waals surface area contributed by atoms with Gasteiger partial charge < -0.3 is 15.2 Å². The predicted molar refractivity (Wildman–Crippen MR) is 71.3 cm³/mol. The molecule has 1 aromatic carbocycles. The van der Waals surface area contributed by atoms with Crippen molar-refractivity contribution in [1.82, 2.24) is 4.72 Å². The molecule has 0 radical (unpaired) electrons. The van der Waals surface area contributed by atoms with Crippen molar-refractivity contribution in [2.45, 2.75) is 17.9 Å². The zero-order chi connectivity index (χ0) is 14.8. The number of sulfonamides is 1. The summed E-state index contributed by atoms with van der Waals surface area (Å²) < 4.78 is 50.9. The van der Waals surface area contributed by atoms with Gasteiger partial charge in [0.25, 0.3) is 0 Å². The summed E-state index contributed by atoms with van der Waals surface area (Å²) in [6.07, 6.45) is -0.372. The number of nitrogens with two attached hydrogens (primary N) is 1. The Morgan fingerprint density at radius 3 is 2.85 bits per heavy atom. The zero-order valence-corrected chi connectivity index (χ0v) is 11.9. The first-order valence-electron chi connectivity index (χ1n) is 6.15. The molecule has 1 atom stereocenters. The molecule has 1 aromatic rings. The lowest BCUT2D eigenvalue weighted by atomic mass is 10.2. The van der Waals surface area contributed by atoms with E-state index in [1.54, 1.807) is 0 Å². The van der Waals surface area contributed by atoms with Crippen LogP contribution in [-0.2, 0) is 19.5 Å². The maximum Gasteiger partial charge on any atom is 0.243 e. The van der Waals surface area contributed by atoms with Gasteiger partial charge in [0.15, 0.2) is 0 Å². The minimum atomic E-state index is -3.98. The highest BCUT2D eigenvalue weighted by atomic mass is 32.2. The van der Waals surface area contributed by atoms with Crippen molar-refractivity contribution in [3.05, 3.63) is 23.5 Å². The number of anilines is 1. The molecule has 0 bridgehead atoms. The summed E-state index contributed by atoms with van der Waals surface area (Å²) in [6.45, 7) is 2.70. The van der Waals surface area contributed by atoms with Gasteiger partial charge in [0, 0.05) is 12.2 Å². The Morgan fingerprint density at radius 1 is 1.45 bits per heavy atom. The van der Waals surface area contributed by atoms with Gasteiger partial charge in [0.05, 0.1) is 25.9 Å². The van der Waals surface area contributed by atoms with Crippen molar-refractivity contribution < 1.29 is 22.3 Å². The van der Waals surface area contributed by atoms with Gasteiger partial charge in [-0.3, -0.25) is 0 Å². The van der Waals surface area contributed by atoms with Crippen LogP contribution in [0.25, 0.3) is 0 Å². The van der Waals surface area contributed by atoms with Crippen LogP contribution >= 0.6 is 0 Å². The molecule has 2 rings (SSSR count). The molecule has 0 spiro atoms. The van der Waals surface area contributed by atoms with Crippen LogP contribution in [0.4, 0.5) is 10.1 Å². The molecule has 1 fully saturated rings. The Hall–Kier alpha value is -1.22. The molecule has 1 heterocycles. The molecule has 3 N–H and O–H groups in total. The molecule has 1 aliphatic rings. The first-order valence-corrected chi connectivity index (χ1v) is 7.63. The minimum absolute atomic E-state index is 0.0234. The fraction of sp³-hybridized carbons (Fsp3) is 0.500. The second-order valence-electron chi connectivity index (χ2n) is 4.57. The van der Waals surface area contributed by atoms with E-state index in [1.807, 2.05) is 0 Å². The number of benzene rings is 1. The van der Waals surface area contributed by atoms with E-state index >= 15 is 0 Å². The molecule has 0 saturated carbocycles. The summed E-state index contributed by atoms with van der Waals surface area (Å²) in [7, 11) is -3.98. The van der Waals surface area contributed by atoms with Gasteiger partial charge in [-0.2, -0.15) is 0 Å². The maximum atomic E-state index is 13.9. The van der Waals surface area contributed by atoms with Gasteiger partial charge in [-0.1, -0.05) is 0 Å². The molecule has 8 heteroatoms. The largest absolute Gasteiger partial charge is 0.399 e. The maximum absolute atomic E-state index is 13.9. The van der Waals surface area contributed by atoms with Crippen LogP contribution in [0.5, 0.6) is 0 Å². The second kappa shape index (κ2) is 6.04. The predicted octanol–water partition coefficient (Wildman–Crippen LogP) is 0.410. The number of ether oxygens (including phenoxy) is 2. The molecule has 1 saturated heterocycles. The summed E-state index contributed by atoms with van der Waals surface area (Å²) in [5.41, 5.74) is 5.94. The van der Waals surface area contributed by atoms with E-state index in [4.69, 9.17) is 15.2 Å². The van der Waals surface area contributed by atoms with Crippen LogP contribution in [0, 0.1) is 12.7 Å². The van der Waals surface area contributed by atoms with Gasteiger partial charge in [0.2, 0.25) is 10.0 Å². The van der Waals surface area contributed by atoms with E-state index in [0.29, 0.717) is 19.8 Å². The van der Waals surface area contributed by atoms with Gasteiger partial charge in [-0.15, -0.1) is 0 Å². The second-order valence-corrected chi connectivity index (χ2v) is 6.30. The highest BCUT2D eigenvalue weighted by Crippen LogP contribution is 2.21. The standard InChI is InChI=1S/C12H17FN2O4S/c1-8-4-9(14)5-11(12(8)13)20(16,17)15-6-10-7-18-2-3-19-10/h4-5,10,15H,2-3,6-7,14H2,1H3. The van der Waals surface area contributed by atoms with Crippen molar-refractivity contribution >= 4 is 15.7 Å².